The number of carbonyl (C=O) groups is 2. The molecule has 0 radical (unpaired) electrons. The molecule has 0 atom stereocenters. The summed E-state index contributed by atoms with van der Waals surface area (Å²) < 4.78 is 27.9. The molecule has 218 valence electrons. The maximum atomic E-state index is 13.5. The van der Waals surface area contributed by atoms with Crippen LogP contribution in [-0.4, -0.2) is 42.9 Å². The molecule has 0 fully saturated rings. The third-order valence-electron chi connectivity index (χ3n) is 6.83. The largest absolute Gasteiger partial charge is 0.348 e. The van der Waals surface area contributed by atoms with Crippen molar-refractivity contribution in [3.63, 3.8) is 0 Å². The molecule has 1 aliphatic rings. The van der Waals surface area contributed by atoms with E-state index in [1.807, 2.05) is 30.3 Å². The molecule has 0 saturated carbocycles. The number of carbonyl (C=O) groups excluding carboxylic acids is 2. The number of nitrogens with zero attached hydrogens (tertiary/aromatic N) is 4. The predicted octanol–water partition coefficient (Wildman–Crippen LogP) is 4.29. The maximum absolute atomic E-state index is 13.5. The molecule has 0 unspecified atom stereocenters. The standard InChI is InChI=1S/C32H23F2N7O3/c33-26-8-6-20(11-27(26)34)17-41-18-36-16-25(32(41)44)30(42)37-10-1-3-19-5-7-23-24(31(43)40-28(23)12-19)13-22-15-38-29(39-22)21-4-2-9-35-14-21/h1-9,11-16,18H,10,17H2,(H,37,42)(H,38,39)(H,40,43)/b3-1+,24-13-. The van der Waals surface area contributed by atoms with Crippen molar-refractivity contribution in [2.24, 2.45) is 0 Å². The summed E-state index contributed by atoms with van der Waals surface area (Å²) in [7, 11) is 0. The van der Waals surface area contributed by atoms with E-state index >= 15 is 0 Å². The Morgan fingerprint density at radius 1 is 1.00 bits per heavy atom. The Morgan fingerprint density at radius 3 is 2.70 bits per heavy atom. The molecule has 0 bridgehead atoms. The predicted molar refractivity (Wildman–Crippen MR) is 160 cm³/mol. The zero-order valence-electron chi connectivity index (χ0n) is 22.9. The van der Waals surface area contributed by atoms with Gasteiger partial charge in [-0.25, -0.2) is 18.7 Å². The molecule has 2 aromatic carbocycles. The van der Waals surface area contributed by atoms with E-state index in [9.17, 15) is 23.2 Å². The molecule has 6 rings (SSSR count). The van der Waals surface area contributed by atoms with Crippen LogP contribution in [0.25, 0.3) is 29.1 Å². The van der Waals surface area contributed by atoms with E-state index in [1.165, 1.54) is 12.4 Å². The summed E-state index contributed by atoms with van der Waals surface area (Å²) in [6.45, 7) is 0.0359. The Balaban J connectivity index is 1.09. The van der Waals surface area contributed by atoms with Gasteiger partial charge in [0.25, 0.3) is 17.4 Å². The van der Waals surface area contributed by atoms with Gasteiger partial charge in [0.05, 0.1) is 30.3 Å². The quantitative estimate of drug-likeness (QED) is 0.231. The smallest absolute Gasteiger partial charge is 0.266 e. The van der Waals surface area contributed by atoms with Crippen LogP contribution in [0.3, 0.4) is 0 Å². The summed E-state index contributed by atoms with van der Waals surface area (Å²) in [5.41, 5.74) is 3.72. The van der Waals surface area contributed by atoms with Crippen molar-refractivity contribution in [2.75, 3.05) is 11.9 Å². The van der Waals surface area contributed by atoms with Gasteiger partial charge in [-0.1, -0.05) is 30.4 Å². The first-order valence-corrected chi connectivity index (χ1v) is 13.4. The molecule has 5 aromatic rings. The van der Waals surface area contributed by atoms with Gasteiger partial charge in [0.1, 0.15) is 11.4 Å². The number of hydrogen-bond donors (Lipinski definition) is 3. The zero-order valence-corrected chi connectivity index (χ0v) is 22.9. The minimum atomic E-state index is -1.03. The summed E-state index contributed by atoms with van der Waals surface area (Å²) in [5, 5.41) is 5.52. The number of H-pyrrole nitrogens is 1. The minimum absolute atomic E-state index is 0.0792. The third kappa shape index (κ3) is 5.95. The maximum Gasteiger partial charge on any atom is 0.266 e. The number of aromatic nitrogens is 5. The Bertz CT molecular complexity index is 2020. The van der Waals surface area contributed by atoms with Crippen molar-refractivity contribution in [3.8, 4) is 11.4 Å². The average molecular weight is 592 g/mol. The van der Waals surface area contributed by atoms with E-state index < -0.39 is 23.1 Å². The molecule has 2 amide bonds. The second kappa shape index (κ2) is 12.1. The van der Waals surface area contributed by atoms with E-state index in [2.05, 4.69) is 30.6 Å². The monoisotopic (exact) mass is 591 g/mol. The number of hydrogen-bond acceptors (Lipinski definition) is 6. The summed E-state index contributed by atoms with van der Waals surface area (Å²) in [6.07, 6.45) is 12.6. The lowest BCUT2D eigenvalue weighted by Crippen LogP contribution is -2.33. The van der Waals surface area contributed by atoms with E-state index in [0.717, 1.165) is 39.6 Å². The molecule has 10 nitrogen and oxygen atoms in total. The first-order chi connectivity index (χ1) is 21.4. The normalized spacial score (nSPS) is 13.3. The first kappa shape index (κ1) is 28.1. The lowest BCUT2D eigenvalue weighted by atomic mass is 10.0. The van der Waals surface area contributed by atoms with Gasteiger partial charge in [0.2, 0.25) is 0 Å². The molecule has 3 aromatic heterocycles. The second-order valence-electron chi connectivity index (χ2n) is 9.85. The SMILES string of the molecule is O=C1Nc2cc(/C=C/CNC(=O)c3cncn(Cc4ccc(F)c(F)c4)c3=O)ccc2/C1=C/c1cnc(-c2cccnc2)[nH]1. The molecule has 3 N–H and O–H groups in total. The van der Waals surface area contributed by atoms with Gasteiger partial charge in [-0.05, 0) is 47.5 Å². The summed E-state index contributed by atoms with van der Waals surface area (Å²) in [6, 6.07) is 12.5. The highest BCUT2D eigenvalue weighted by molar-refractivity contribution is 6.34. The fourth-order valence-electron chi connectivity index (χ4n) is 4.67. The van der Waals surface area contributed by atoms with Crippen LogP contribution in [0.5, 0.6) is 0 Å². The van der Waals surface area contributed by atoms with Crippen LogP contribution in [0.2, 0.25) is 0 Å². The number of fused-ring (bicyclic) bond motifs is 1. The number of rotatable bonds is 8. The fraction of sp³-hybridized carbons (Fsp3) is 0.0625. The number of nitrogens with one attached hydrogen (secondary N) is 3. The van der Waals surface area contributed by atoms with Crippen molar-refractivity contribution >= 4 is 35.2 Å². The average Bonchev–Trinajstić information content (AvgIpc) is 3.62. The molecule has 0 aliphatic carbocycles. The topological polar surface area (TPSA) is 135 Å². The highest BCUT2D eigenvalue weighted by Crippen LogP contribution is 2.34. The van der Waals surface area contributed by atoms with Gasteiger partial charge in [-0.15, -0.1) is 0 Å². The van der Waals surface area contributed by atoms with Gasteiger partial charge < -0.3 is 15.6 Å². The van der Waals surface area contributed by atoms with Crippen LogP contribution in [0, 0.1) is 11.6 Å². The van der Waals surface area contributed by atoms with Crippen molar-refractivity contribution in [1.29, 1.82) is 0 Å². The van der Waals surface area contributed by atoms with Gasteiger partial charge >= 0.3 is 0 Å². The van der Waals surface area contributed by atoms with Crippen LogP contribution >= 0.6 is 0 Å². The van der Waals surface area contributed by atoms with Crippen LogP contribution in [0.15, 0.2) is 90.5 Å². The van der Waals surface area contributed by atoms with Crippen molar-refractivity contribution in [1.82, 2.24) is 29.8 Å². The summed E-state index contributed by atoms with van der Waals surface area (Å²) >= 11 is 0. The van der Waals surface area contributed by atoms with E-state index in [-0.39, 0.29) is 24.6 Å². The number of halogens is 2. The molecular formula is C32H23F2N7O3. The molecule has 1 aliphatic heterocycles. The van der Waals surface area contributed by atoms with Gasteiger partial charge in [-0.3, -0.25) is 23.9 Å². The van der Waals surface area contributed by atoms with Crippen LogP contribution in [0.1, 0.15) is 32.7 Å². The van der Waals surface area contributed by atoms with Crippen molar-refractivity contribution in [3.05, 3.63) is 136 Å². The second-order valence-corrected chi connectivity index (χ2v) is 9.85. The number of anilines is 1. The van der Waals surface area contributed by atoms with E-state index in [0.29, 0.717) is 28.3 Å². The number of pyridine rings is 1. The lowest BCUT2D eigenvalue weighted by molar-refractivity contribution is -0.110. The number of imidazole rings is 1. The Labute approximate surface area is 248 Å². The Kier molecular flexibility index (Phi) is 7.70. The fourth-order valence-corrected chi connectivity index (χ4v) is 4.67. The van der Waals surface area contributed by atoms with Crippen LogP contribution in [-0.2, 0) is 11.3 Å². The first-order valence-electron chi connectivity index (χ1n) is 13.4. The summed E-state index contributed by atoms with van der Waals surface area (Å²) in [4.78, 5) is 53.8. The Morgan fingerprint density at radius 2 is 1.89 bits per heavy atom. The molecule has 12 heteroatoms. The van der Waals surface area contributed by atoms with Gasteiger partial charge in [0.15, 0.2) is 11.6 Å². The third-order valence-corrected chi connectivity index (χ3v) is 6.83. The van der Waals surface area contributed by atoms with Crippen LogP contribution < -0.4 is 16.2 Å². The highest BCUT2D eigenvalue weighted by atomic mass is 19.2. The van der Waals surface area contributed by atoms with Crippen LogP contribution in [0.4, 0.5) is 14.5 Å². The molecule has 4 heterocycles. The molecule has 44 heavy (non-hydrogen) atoms. The minimum Gasteiger partial charge on any atom is -0.348 e. The zero-order chi connectivity index (χ0) is 30.6. The number of amides is 2. The van der Waals surface area contributed by atoms with Crippen molar-refractivity contribution < 1.29 is 18.4 Å². The van der Waals surface area contributed by atoms with Crippen molar-refractivity contribution in [2.45, 2.75) is 6.54 Å². The number of benzene rings is 2. The van der Waals surface area contributed by atoms with Gasteiger partial charge in [-0.2, -0.15) is 0 Å². The van der Waals surface area contributed by atoms with E-state index in [4.69, 9.17) is 0 Å². The lowest BCUT2D eigenvalue weighted by Gasteiger charge is -2.08. The highest BCUT2D eigenvalue weighted by Gasteiger charge is 2.24. The Hall–Kier alpha value is -6.04. The molecule has 0 saturated heterocycles. The summed E-state index contributed by atoms with van der Waals surface area (Å²) in [5.74, 6) is -2.25. The molecular weight excluding hydrogens is 568 g/mol. The van der Waals surface area contributed by atoms with Gasteiger partial charge in [0, 0.05) is 41.9 Å². The van der Waals surface area contributed by atoms with E-state index in [1.54, 1.807) is 36.8 Å². The number of aromatic amines is 1. The molecule has 0 spiro atoms.